The Hall–Kier alpha value is -1.10. The molecule has 1 atom stereocenters. The van der Waals surface area contributed by atoms with E-state index in [2.05, 4.69) is 11.0 Å². The van der Waals surface area contributed by atoms with Crippen LogP contribution in [0.5, 0.6) is 0 Å². The van der Waals surface area contributed by atoms with Gasteiger partial charge in [0.05, 0.1) is 17.2 Å². The molecule has 0 aromatic heterocycles. The van der Waals surface area contributed by atoms with E-state index < -0.39 is 9.84 Å². The average molecular weight is 323 g/mol. The molecule has 5 heteroatoms. The standard InChI is InChI=1S/C17H22FNO2S/c18-15-5-3-4-14-16(15)19(12-17(14)7-1-2-8-17)10-13-6-9-22(20,21)11-13/h3-5,13H,1-2,6-12H2/t13-/m1/s1. The zero-order chi connectivity index (χ0) is 15.4. The van der Waals surface area contributed by atoms with Crippen LogP contribution >= 0.6 is 0 Å². The van der Waals surface area contributed by atoms with Crippen molar-refractivity contribution in [1.82, 2.24) is 0 Å². The highest BCUT2D eigenvalue weighted by molar-refractivity contribution is 7.91. The van der Waals surface area contributed by atoms with Crippen molar-refractivity contribution in [1.29, 1.82) is 0 Å². The summed E-state index contributed by atoms with van der Waals surface area (Å²) in [4.78, 5) is 2.14. The third kappa shape index (κ3) is 2.25. The van der Waals surface area contributed by atoms with Gasteiger partial charge in [-0.25, -0.2) is 12.8 Å². The number of sulfone groups is 1. The second-order valence-corrected chi connectivity index (χ2v) is 9.50. The highest BCUT2D eigenvalue weighted by Gasteiger charge is 2.46. The molecule has 0 unspecified atom stereocenters. The fourth-order valence-corrected chi connectivity index (χ4v) is 6.61. The lowest BCUT2D eigenvalue weighted by atomic mass is 9.81. The van der Waals surface area contributed by atoms with Crippen LogP contribution in [-0.2, 0) is 15.3 Å². The number of halogens is 1. The van der Waals surface area contributed by atoms with E-state index in [-0.39, 0.29) is 22.9 Å². The number of benzene rings is 1. The van der Waals surface area contributed by atoms with Gasteiger partial charge >= 0.3 is 0 Å². The molecular weight excluding hydrogens is 301 g/mol. The van der Waals surface area contributed by atoms with E-state index in [4.69, 9.17) is 0 Å². The van der Waals surface area contributed by atoms with Crippen LogP contribution in [0.3, 0.4) is 0 Å². The Morgan fingerprint density at radius 1 is 1.27 bits per heavy atom. The highest BCUT2D eigenvalue weighted by atomic mass is 32.2. The van der Waals surface area contributed by atoms with Gasteiger partial charge < -0.3 is 4.90 Å². The quantitative estimate of drug-likeness (QED) is 0.840. The van der Waals surface area contributed by atoms with Crippen molar-refractivity contribution >= 4 is 15.5 Å². The van der Waals surface area contributed by atoms with Crippen molar-refractivity contribution in [2.45, 2.75) is 37.5 Å². The Morgan fingerprint density at radius 2 is 2.05 bits per heavy atom. The maximum Gasteiger partial charge on any atom is 0.150 e. The molecule has 2 aliphatic heterocycles. The van der Waals surface area contributed by atoms with E-state index in [1.807, 2.05) is 6.07 Å². The summed E-state index contributed by atoms with van der Waals surface area (Å²) in [7, 11) is -2.87. The molecule has 120 valence electrons. The number of rotatable bonds is 2. The largest absolute Gasteiger partial charge is 0.368 e. The first-order valence-electron chi connectivity index (χ1n) is 8.24. The molecule has 1 saturated heterocycles. The molecule has 1 spiro atoms. The van der Waals surface area contributed by atoms with Crippen LogP contribution in [0.15, 0.2) is 18.2 Å². The predicted molar refractivity (Wildman–Crippen MR) is 85.5 cm³/mol. The monoisotopic (exact) mass is 323 g/mol. The smallest absolute Gasteiger partial charge is 0.150 e. The molecule has 1 aliphatic carbocycles. The summed E-state index contributed by atoms with van der Waals surface area (Å²) in [6, 6.07) is 5.43. The first-order valence-corrected chi connectivity index (χ1v) is 10.1. The topological polar surface area (TPSA) is 37.4 Å². The van der Waals surface area contributed by atoms with E-state index in [1.54, 1.807) is 0 Å². The van der Waals surface area contributed by atoms with Gasteiger partial charge in [0, 0.05) is 18.5 Å². The Bertz CT molecular complexity index is 695. The molecule has 1 saturated carbocycles. The molecule has 2 fully saturated rings. The van der Waals surface area contributed by atoms with Crippen molar-refractivity contribution in [3.8, 4) is 0 Å². The molecular formula is C17H22FNO2S. The first-order chi connectivity index (χ1) is 10.5. The van der Waals surface area contributed by atoms with Gasteiger partial charge in [-0.15, -0.1) is 0 Å². The van der Waals surface area contributed by atoms with Gasteiger partial charge in [-0.3, -0.25) is 0 Å². The highest BCUT2D eigenvalue weighted by Crippen LogP contribution is 2.51. The number of anilines is 1. The molecule has 2 heterocycles. The van der Waals surface area contributed by atoms with Crippen LogP contribution in [-0.4, -0.2) is 33.0 Å². The molecule has 1 aromatic carbocycles. The van der Waals surface area contributed by atoms with E-state index in [9.17, 15) is 12.8 Å². The molecule has 0 N–H and O–H groups in total. The third-order valence-corrected chi connectivity index (χ3v) is 7.57. The summed E-state index contributed by atoms with van der Waals surface area (Å²) in [5.41, 5.74) is 2.01. The summed E-state index contributed by atoms with van der Waals surface area (Å²) in [5.74, 6) is 0.553. The fraction of sp³-hybridized carbons (Fsp3) is 0.647. The Balaban J connectivity index is 1.65. The minimum absolute atomic E-state index is 0.106. The number of hydrogen-bond acceptors (Lipinski definition) is 3. The van der Waals surface area contributed by atoms with Crippen molar-refractivity contribution in [3.05, 3.63) is 29.6 Å². The van der Waals surface area contributed by atoms with Crippen molar-refractivity contribution < 1.29 is 12.8 Å². The Labute approximate surface area is 131 Å². The fourth-order valence-electron chi connectivity index (χ4n) is 4.76. The number of hydrogen-bond donors (Lipinski definition) is 0. The maximum atomic E-state index is 14.4. The summed E-state index contributed by atoms with van der Waals surface area (Å²) in [5, 5.41) is 0. The van der Waals surface area contributed by atoms with E-state index in [0.717, 1.165) is 37.1 Å². The van der Waals surface area contributed by atoms with E-state index >= 15 is 0 Å². The zero-order valence-electron chi connectivity index (χ0n) is 12.7. The molecule has 3 nitrogen and oxygen atoms in total. The first kappa shape index (κ1) is 14.5. The van der Waals surface area contributed by atoms with Gasteiger partial charge in [0.25, 0.3) is 0 Å². The minimum Gasteiger partial charge on any atom is -0.368 e. The summed E-state index contributed by atoms with van der Waals surface area (Å²) >= 11 is 0. The second kappa shape index (κ2) is 4.95. The third-order valence-electron chi connectivity index (χ3n) is 5.73. The molecule has 22 heavy (non-hydrogen) atoms. The van der Waals surface area contributed by atoms with Crippen LogP contribution in [0.2, 0.25) is 0 Å². The molecule has 3 aliphatic rings. The summed E-state index contributed by atoms with van der Waals surface area (Å²) < 4.78 is 37.8. The minimum atomic E-state index is -2.87. The second-order valence-electron chi connectivity index (χ2n) is 7.27. The van der Waals surface area contributed by atoms with Gasteiger partial charge in [-0.2, -0.15) is 0 Å². The van der Waals surface area contributed by atoms with Crippen molar-refractivity contribution in [2.75, 3.05) is 29.5 Å². The van der Waals surface area contributed by atoms with Crippen LogP contribution in [0, 0.1) is 11.7 Å². The van der Waals surface area contributed by atoms with Crippen LogP contribution in [0.25, 0.3) is 0 Å². The average Bonchev–Trinajstić information content (AvgIpc) is 3.13. The maximum absolute atomic E-state index is 14.4. The molecule has 0 radical (unpaired) electrons. The van der Waals surface area contributed by atoms with E-state index in [1.165, 1.54) is 18.9 Å². The molecule has 0 amide bonds. The van der Waals surface area contributed by atoms with Gasteiger partial charge in [-0.1, -0.05) is 25.0 Å². The summed E-state index contributed by atoms with van der Waals surface area (Å²) in [6.45, 7) is 1.54. The lowest BCUT2D eigenvalue weighted by Gasteiger charge is -2.27. The van der Waals surface area contributed by atoms with Crippen LogP contribution in [0.4, 0.5) is 10.1 Å². The molecule has 0 bridgehead atoms. The number of para-hydroxylation sites is 1. The van der Waals surface area contributed by atoms with E-state index in [0.29, 0.717) is 12.3 Å². The van der Waals surface area contributed by atoms with Crippen LogP contribution in [0.1, 0.15) is 37.7 Å². The summed E-state index contributed by atoms with van der Waals surface area (Å²) in [6.07, 6.45) is 5.39. The molecule has 1 aromatic rings. The normalized spacial score (nSPS) is 28.4. The van der Waals surface area contributed by atoms with Gasteiger partial charge in [0.2, 0.25) is 0 Å². The predicted octanol–water partition coefficient (Wildman–Crippen LogP) is 2.89. The van der Waals surface area contributed by atoms with Gasteiger partial charge in [0.15, 0.2) is 9.84 Å². The Kier molecular flexibility index (Phi) is 3.26. The molecule has 4 rings (SSSR count). The van der Waals surface area contributed by atoms with Crippen molar-refractivity contribution in [2.24, 2.45) is 5.92 Å². The lowest BCUT2D eigenvalue weighted by Crippen LogP contribution is -2.34. The number of fused-ring (bicyclic) bond motifs is 2. The number of nitrogens with zero attached hydrogens (tertiary/aromatic N) is 1. The zero-order valence-corrected chi connectivity index (χ0v) is 13.5. The SMILES string of the molecule is O=S1(=O)CC[C@H](CN2CC3(CCCC3)c3cccc(F)c32)C1. The van der Waals surface area contributed by atoms with Gasteiger partial charge in [-0.05, 0) is 36.8 Å². The van der Waals surface area contributed by atoms with Crippen LogP contribution < -0.4 is 4.90 Å². The lowest BCUT2D eigenvalue weighted by molar-refractivity contribution is 0.452. The van der Waals surface area contributed by atoms with Gasteiger partial charge in [0.1, 0.15) is 5.82 Å². The van der Waals surface area contributed by atoms with Crippen molar-refractivity contribution in [3.63, 3.8) is 0 Å². The Morgan fingerprint density at radius 3 is 2.73 bits per heavy atom.